The van der Waals surface area contributed by atoms with Crippen molar-refractivity contribution in [2.75, 3.05) is 13.7 Å². The molecule has 0 aromatic carbocycles. The fraction of sp³-hybridized carbons (Fsp3) is 0.533. The lowest BCUT2D eigenvalue weighted by Gasteiger charge is -2.28. The van der Waals surface area contributed by atoms with Gasteiger partial charge in [0.15, 0.2) is 0 Å². The van der Waals surface area contributed by atoms with Crippen LogP contribution in [0.2, 0.25) is 0 Å². The summed E-state index contributed by atoms with van der Waals surface area (Å²) in [6.45, 7) is 0.350. The van der Waals surface area contributed by atoms with Crippen molar-refractivity contribution in [2.45, 2.75) is 37.9 Å². The monoisotopic (exact) mass is 260 g/mol. The van der Waals surface area contributed by atoms with E-state index in [-0.39, 0.29) is 6.10 Å². The van der Waals surface area contributed by atoms with Gasteiger partial charge in [-0.2, -0.15) is 0 Å². The molecule has 19 heavy (non-hydrogen) atoms. The molecule has 1 aliphatic carbocycles. The molecule has 4 heteroatoms. The van der Waals surface area contributed by atoms with Crippen LogP contribution in [0.1, 0.15) is 31.2 Å². The summed E-state index contributed by atoms with van der Waals surface area (Å²) in [4.78, 5) is 4.14. The van der Waals surface area contributed by atoms with E-state index in [1.54, 1.807) is 19.5 Å². The number of pyridine rings is 1. The fourth-order valence-electron chi connectivity index (χ4n) is 2.32. The summed E-state index contributed by atoms with van der Waals surface area (Å²) in [6.07, 6.45) is 8.23. The first-order valence-electron chi connectivity index (χ1n) is 6.65. The SMILES string of the molecule is COC1CCCC(Oc2cncc(C#CCN)c2)C1. The maximum Gasteiger partial charge on any atom is 0.139 e. The third-order valence-corrected chi connectivity index (χ3v) is 3.26. The molecule has 1 fully saturated rings. The molecule has 1 heterocycles. The Bertz CT molecular complexity index is 465. The van der Waals surface area contributed by atoms with Crippen molar-refractivity contribution in [3.63, 3.8) is 0 Å². The van der Waals surface area contributed by atoms with Gasteiger partial charge < -0.3 is 15.2 Å². The highest BCUT2D eigenvalue weighted by atomic mass is 16.5. The van der Waals surface area contributed by atoms with E-state index in [0.29, 0.717) is 12.6 Å². The summed E-state index contributed by atoms with van der Waals surface area (Å²) in [5.74, 6) is 6.54. The Hall–Kier alpha value is -1.57. The predicted octanol–water partition coefficient (Wildman–Crippen LogP) is 1.73. The second-order valence-electron chi connectivity index (χ2n) is 4.68. The standard InChI is InChI=1S/C15H20N2O2/c1-18-13-5-2-6-14(9-13)19-15-8-12(4-3-7-16)10-17-11-15/h8,10-11,13-14H,2,5-7,9,16H2,1H3. The molecule has 2 atom stereocenters. The lowest BCUT2D eigenvalue weighted by atomic mass is 9.95. The van der Waals surface area contributed by atoms with Crippen LogP contribution >= 0.6 is 0 Å². The van der Waals surface area contributed by atoms with Crippen LogP contribution in [0, 0.1) is 11.8 Å². The smallest absolute Gasteiger partial charge is 0.139 e. The van der Waals surface area contributed by atoms with Crippen molar-refractivity contribution in [3.05, 3.63) is 24.0 Å². The molecule has 1 aliphatic rings. The largest absolute Gasteiger partial charge is 0.489 e. The summed E-state index contributed by atoms with van der Waals surface area (Å²) in [5, 5.41) is 0. The molecule has 0 saturated heterocycles. The fourth-order valence-corrected chi connectivity index (χ4v) is 2.32. The van der Waals surface area contributed by atoms with Crippen LogP contribution in [0.5, 0.6) is 5.75 Å². The lowest BCUT2D eigenvalue weighted by molar-refractivity contribution is 0.0208. The van der Waals surface area contributed by atoms with Gasteiger partial charge in [-0.25, -0.2) is 0 Å². The molecule has 1 aromatic rings. The molecule has 2 rings (SSSR count). The number of methoxy groups -OCH3 is 1. The van der Waals surface area contributed by atoms with E-state index < -0.39 is 0 Å². The highest BCUT2D eigenvalue weighted by molar-refractivity contribution is 5.36. The van der Waals surface area contributed by atoms with E-state index in [2.05, 4.69) is 16.8 Å². The van der Waals surface area contributed by atoms with Crippen molar-refractivity contribution in [1.82, 2.24) is 4.98 Å². The van der Waals surface area contributed by atoms with Gasteiger partial charge in [0.25, 0.3) is 0 Å². The topological polar surface area (TPSA) is 57.4 Å². The number of nitrogens with zero attached hydrogens (tertiary/aromatic N) is 1. The molecule has 0 spiro atoms. The molecule has 1 aromatic heterocycles. The maximum absolute atomic E-state index is 5.97. The van der Waals surface area contributed by atoms with Crippen molar-refractivity contribution in [2.24, 2.45) is 5.73 Å². The summed E-state index contributed by atoms with van der Waals surface area (Å²) in [6, 6.07) is 1.91. The Morgan fingerprint density at radius 3 is 3.00 bits per heavy atom. The Morgan fingerprint density at radius 1 is 1.37 bits per heavy atom. The van der Waals surface area contributed by atoms with Crippen molar-refractivity contribution < 1.29 is 9.47 Å². The van der Waals surface area contributed by atoms with Crippen molar-refractivity contribution in [1.29, 1.82) is 0 Å². The van der Waals surface area contributed by atoms with E-state index in [9.17, 15) is 0 Å². The van der Waals surface area contributed by atoms with Crippen LogP contribution < -0.4 is 10.5 Å². The minimum Gasteiger partial charge on any atom is -0.489 e. The van der Waals surface area contributed by atoms with E-state index in [1.165, 1.54) is 0 Å². The summed E-state index contributed by atoms with van der Waals surface area (Å²) < 4.78 is 11.4. The van der Waals surface area contributed by atoms with Crippen LogP contribution in [-0.2, 0) is 4.74 Å². The second kappa shape index (κ2) is 7.13. The summed E-state index contributed by atoms with van der Waals surface area (Å²) in [7, 11) is 1.76. The average molecular weight is 260 g/mol. The third-order valence-electron chi connectivity index (χ3n) is 3.26. The third kappa shape index (κ3) is 4.23. The molecule has 4 nitrogen and oxygen atoms in total. The normalized spacial score (nSPS) is 22.4. The number of hydrogen-bond acceptors (Lipinski definition) is 4. The average Bonchev–Trinajstić information content (AvgIpc) is 2.46. The summed E-state index contributed by atoms with van der Waals surface area (Å²) >= 11 is 0. The van der Waals surface area contributed by atoms with Gasteiger partial charge in [0, 0.05) is 25.3 Å². The van der Waals surface area contributed by atoms with Crippen LogP contribution in [0.4, 0.5) is 0 Å². The quantitative estimate of drug-likeness (QED) is 0.841. The molecular formula is C15H20N2O2. The zero-order valence-corrected chi connectivity index (χ0v) is 11.3. The van der Waals surface area contributed by atoms with Crippen LogP contribution in [-0.4, -0.2) is 30.8 Å². The minimum atomic E-state index is 0.207. The Morgan fingerprint density at radius 2 is 2.21 bits per heavy atom. The first-order valence-corrected chi connectivity index (χ1v) is 6.65. The molecule has 102 valence electrons. The van der Waals surface area contributed by atoms with Gasteiger partial charge in [0.05, 0.1) is 18.8 Å². The predicted molar refractivity (Wildman–Crippen MR) is 73.9 cm³/mol. The van der Waals surface area contributed by atoms with E-state index in [1.807, 2.05) is 6.07 Å². The minimum absolute atomic E-state index is 0.207. The van der Waals surface area contributed by atoms with Gasteiger partial charge in [0.1, 0.15) is 11.9 Å². The molecule has 0 radical (unpaired) electrons. The van der Waals surface area contributed by atoms with Gasteiger partial charge in [-0.1, -0.05) is 11.8 Å². The number of hydrogen-bond donors (Lipinski definition) is 1. The highest BCUT2D eigenvalue weighted by Crippen LogP contribution is 2.25. The molecule has 0 bridgehead atoms. The maximum atomic E-state index is 5.97. The molecule has 0 amide bonds. The van der Waals surface area contributed by atoms with Crippen LogP contribution in [0.3, 0.4) is 0 Å². The lowest BCUT2D eigenvalue weighted by Crippen LogP contribution is -2.29. The Balaban J connectivity index is 1.98. The molecule has 1 saturated carbocycles. The number of rotatable bonds is 3. The molecule has 2 N–H and O–H groups in total. The van der Waals surface area contributed by atoms with E-state index in [0.717, 1.165) is 37.0 Å². The van der Waals surface area contributed by atoms with Gasteiger partial charge in [-0.05, 0) is 25.3 Å². The second-order valence-corrected chi connectivity index (χ2v) is 4.68. The van der Waals surface area contributed by atoms with Crippen LogP contribution in [0.15, 0.2) is 18.5 Å². The number of nitrogens with two attached hydrogens (primary N) is 1. The first-order chi connectivity index (χ1) is 9.31. The van der Waals surface area contributed by atoms with E-state index >= 15 is 0 Å². The molecule has 2 unspecified atom stereocenters. The summed E-state index contributed by atoms with van der Waals surface area (Å²) in [5.41, 5.74) is 6.19. The molecular weight excluding hydrogens is 240 g/mol. The zero-order valence-electron chi connectivity index (χ0n) is 11.3. The van der Waals surface area contributed by atoms with Gasteiger partial charge in [-0.15, -0.1) is 0 Å². The van der Waals surface area contributed by atoms with Gasteiger partial charge >= 0.3 is 0 Å². The van der Waals surface area contributed by atoms with Crippen LogP contribution in [0.25, 0.3) is 0 Å². The van der Waals surface area contributed by atoms with Gasteiger partial charge in [0.2, 0.25) is 0 Å². The van der Waals surface area contributed by atoms with E-state index in [4.69, 9.17) is 15.2 Å². The number of ether oxygens (including phenoxy) is 2. The van der Waals surface area contributed by atoms with Crippen molar-refractivity contribution in [3.8, 4) is 17.6 Å². The Labute approximate surface area is 114 Å². The van der Waals surface area contributed by atoms with Gasteiger partial charge in [-0.3, -0.25) is 4.98 Å². The Kier molecular flexibility index (Phi) is 5.20. The highest BCUT2D eigenvalue weighted by Gasteiger charge is 2.23. The number of aromatic nitrogens is 1. The first kappa shape index (κ1) is 13.9. The molecule has 0 aliphatic heterocycles. The zero-order chi connectivity index (χ0) is 13.5. The van der Waals surface area contributed by atoms with Crippen molar-refractivity contribution >= 4 is 0 Å².